The van der Waals surface area contributed by atoms with Crippen molar-refractivity contribution in [2.75, 3.05) is 33.9 Å². The molecule has 0 saturated carbocycles. The molecule has 4 heteroatoms. The van der Waals surface area contributed by atoms with Crippen LogP contribution < -0.4 is 0 Å². The first-order chi connectivity index (χ1) is 8.69. The van der Waals surface area contributed by atoms with Crippen LogP contribution in [0.1, 0.15) is 39.0 Å². The van der Waals surface area contributed by atoms with Crippen molar-refractivity contribution in [3.8, 4) is 0 Å². The SMILES string of the molecule is CCCCC(C(=O)OC)N(C)CC1CCOCC1. The maximum atomic E-state index is 11.8. The minimum absolute atomic E-state index is 0.0854. The summed E-state index contributed by atoms with van der Waals surface area (Å²) in [7, 11) is 3.51. The Balaban J connectivity index is 2.46. The zero-order chi connectivity index (χ0) is 13.4. The number of unbranched alkanes of at least 4 members (excludes halogenated alkanes) is 1. The quantitative estimate of drug-likeness (QED) is 0.655. The summed E-state index contributed by atoms with van der Waals surface area (Å²) in [5, 5.41) is 0. The van der Waals surface area contributed by atoms with Crippen LogP contribution in [0.5, 0.6) is 0 Å². The fraction of sp³-hybridized carbons (Fsp3) is 0.929. The standard InChI is InChI=1S/C14H27NO3/c1-4-5-6-13(14(16)17-3)15(2)11-12-7-9-18-10-8-12/h12-13H,4-11H2,1-3H3. The Morgan fingerprint density at radius 1 is 1.44 bits per heavy atom. The highest BCUT2D eigenvalue weighted by atomic mass is 16.5. The summed E-state index contributed by atoms with van der Waals surface area (Å²) in [5.41, 5.74) is 0. The highest BCUT2D eigenvalue weighted by Crippen LogP contribution is 2.18. The summed E-state index contributed by atoms with van der Waals surface area (Å²) >= 11 is 0. The summed E-state index contributed by atoms with van der Waals surface area (Å²) in [4.78, 5) is 14.0. The summed E-state index contributed by atoms with van der Waals surface area (Å²) in [6, 6.07) is -0.0854. The molecule has 18 heavy (non-hydrogen) atoms. The van der Waals surface area contributed by atoms with Gasteiger partial charge in [-0.3, -0.25) is 9.69 Å². The van der Waals surface area contributed by atoms with Gasteiger partial charge in [0.05, 0.1) is 7.11 Å². The van der Waals surface area contributed by atoms with Gasteiger partial charge in [0.2, 0.25) is 0 Å². The summed E-state index contributed by atoms with van der Waals surface area (Å²) < 4.78 is 10.3. The molecule has 1 heterocycles. The van der Waals surface area contributed by atoms with E-state index >= 15 is 0 Å². The third-order valence-electron chi connectivity index (χ3n) is 3.72. The van der Waals surface area contributed by atoms with Gasteiger partial charge in [0.15, 0.2) is 0 Å². The lowest BCUT2D eigenvalue weighted by Crippen LogP contribution is -2.42. The van der Waals surface area contributed by atoms with Crippen molar-refractivity contribution >= 4 is 5.97 Å². The molecule has 0 bridgehead atoms. The molecule has 0 N–H and O–H groups in total. The Hall–Kier alpha value is -0.610. The first-order valence-corrected chi connectivity index (χ1v) is 7.04. The number of nitrogens with zero attached hydrogens (tertiary/aromatic N) is 1. The monoisotopic (exact) mass is 257 g/mol. The van der Waals surface area contributed by atoms with Gasteiger partial charge in [-0.15, -0.1) is 0 Å². The van der Waals surface area contributed by atoms with Crippen LogP contribution in [0.15, 0.2) is 0 Å². The van der Waals surface area contributed by atoms with Crippen molar-refractivity contribution < 1.29 is 14.3 Å². The van der Waals surface area contributed by atoms with Crippen LogP contribution in [0, 0.1) is 5.92 Å². The molecule has 0 aromatic carbocycles. The van der Waals surface area contributed by atoms with Crippen molar-refractivity contribution in [3.63, 3.8) is 0 Å². The molecule has 106 valence electrons. The van der Waals surface area contributed by atoms with Gasteiger partial charge in [-0.25, -0.2) is 0 Å². The molecule has 0 radical (unpaired) electrons. The molecule has 1 atom stereocenters. The zero-order valence-electron chi connectivity index (χ0n) is 12.0. The molecular weight excluding hydrogens is 230 g/mol. The second-order valence-corrected chi connectivity index (χ2v) is 5.18. The van der Waals surface area contributed by atoms with Crippen LogP contribution in [0.3, 0.4) is 0 Å². The van der Waals surface area contributed by atoms with Crippen molar-refractivity contribution in [2.24, 2.45) is 5.92 Å². The van der Waals surface area contributed by atoms with Crippen molar-refractivity contribution in [3.05, 3.63) is 0 Å². The second-order valence-electron chi connectivity index (χ2n) is 5.18. The number of ether oxygens (including phenoxy) is 2. The number of esters is 1. The summed E-state index contributed by atoms with van der Waals surface area (Å²) in [5.74, 6) is 0.551. The number of carbonyl (C=O) groups is 1. The lowest BCUT2D eigenvalue weighted by atomic mass is 9.98. The molecule has 1 rings (SSSR count). The van der Waals surface area contributed by atoms with E-state index in [9.17, 15) is 4.79 Å². The van der Waals surface area contributed by atoms with Crippen molar-refractivity contribution in [1.82, 2.24) is 4.90 Å². The number of hydrogen-bond acceptors (Lipinski definition) is 4. The van der Waals surface area contributed by atoms with Crippen LogP contribution in [0.4, 0.5) is 0 Å². The van der Waals surface area contributed by atoms with E-state index in [-0.39, 0.29) is 12.0 Å². The van der Waals surface area contributed by atoms with E-state index in [1.807, 2.05) is 7.05 Å². The van der Waals surface area contributed by atoms with Gasteiger partial charge in [0, 0.05) is 19.8 Å². The number of carbonyl (C=O) groups excluding carboxylic acids is 1. The molecule has 4 nitrogen and oxygen atoms in total. The average Bonchev–Trinajstić information content (AvgIpc) is 2.40. The summed E-state index contributed by atoms with van der Waals surface area (Å²) in [6.45, 7) is 4.83. The smallest absolute Gasteiger partial charge is 0.323 e. The zero-order valence-corrected chi connectivity index (χ0v) is 12.0. The van der Waals surface area contributed by atoms with Crippen LogP contribution >= 0.6 is 0 Å². The lowest BCUT2D eigenvalue weighted by Gasteiger charge is -2.31. The Morgan fingerprint density at radius 2 is 2.11 bits per heavy atom. The van der Waals surface area contributed by atoms with Crippen molar-refractivity contribution in [1.29, 1.82) is 0 Å². The number of methoxy groups -OCH3 is 1. The van der Waals surface area contributed by atoms with E-state index < -0.39 is 0 Å². The Kier molecular flexibility index (Phi) is 7.28. The predicted octanol–water partition coefficient (Wildman–Crippen LogP) is 2.08. The number of rotatable bonds is 7. The lowest BCUT2D eigenvalue weighted by molar-refractivity contribution is -0.147. The normalized spacial score (nSPS) is 18.9. The fourth-order valence-corrected chi connectivity index (χ4v) is 2.52. The van der Waals surface area contributed by atoms with E-state index in [4.69, 9.17) is 9.47 Å². The first kappa shape index (κ1) is 15.4. The molecule has 1 unspecified atom stereocenters. The van der Waals surface area contributed by atoms with Gasteiger partial charge in [0.1, 0.15) is 6.04 Å². The largest absolute Gasteiger partial charge is 0.468 e. The summed E-state index contributed by atoms with van der Waals surface area (Å²) in [6.07, 6.45) is 5.28. The molecule has 1 saturated heterocycles. The van der Waals surface area contributed by atoms with E-state index in [2.05, 4.69) is 11.8 Å². The highest BCUT2D eigenvalue weighted by molar-refractivity contribution is 5.75. The van der Waals surface area contributed by atoms with E-state index in [1.165, 1.54) is 7.11 Å². The maximum Gasteiger partial charge on any atom is 0.323 e. The predicted molar refractivity (Wildman–Crippen MR) is 71.5 cm³/mol. The highest BCUT2D eigenvalue weighted by Gasteiger charge is 2.26. The third kappa shape index (κ3) is 4.94. The molecule has 1 aliphatic rings. The van der Waals surface area contributed by atoms with Gasteiger partial charge in [-0.1, -0.05) is 19.8 Å². The molecule has 0 spiro atoms. The first-order valence-electron chi connectivity index (χ1n) is 7.04. The Labute approximate surface area is 111 Å². The Bertz CT molecular complexity index is 239. The van der Waals surface area contributed by atoms with Crippen LogP contribution in [-0.4, -0.2) is 50.8 Å². The number of likely N-dealkylation sites (N-methyl/N-ethyl adjacent to an activating group) is 1. The third-order valence-corrected chi connectivity index (χ3v) is 3.72. The molecule has 0 aromatic heterocycles. The van der Waals surface area contributed by atoms with Gasteiger partial charge in [0.25, 0.3) is 0 Å². The molecule has 0 aromatic rings. The van der Waals surface area contributed by atoms with E-state index in [1.54, 1.807) is 0 Å². The number of hydrogen-bond donors (Lipinski definition) is 0. The van der Waals surface area contributed by atoms with Crippen LogP contribution in [0.2, 0.25) is 0 Å². The van der Waals surface area contributed by atoms with E-state index in [0.717, 1.165) is 51.9 Å². The second kappa shape index (κ2) is 8.48. The van der Waals surface area contributed by atoms with E-state index in [0.29, 0.717) is 5.92 Å². The molecule has 1 fully saturated rings. The fourth-order valence-electron chi connectivity index (χ4n) is 2.52. The van der Waals surface area contributed by atoms with Gasteiger partial charge < -0.3 is 9.47 Å². The van der Waals surface area contributed by atoms with Gasteiger partial charge >= 0.3 is 5.97 Å². The van der Waals surface area contributed by atoms with Gasteiger partial charge in [-0.05, 0) is 32.2 Å². The van der Waals surface area contributed by atoms with Crippen LogP contribution in [0.25, 0.3) is 0 Å². The molecule has 0 amide bonds. The van der Waals surface area contributed by atoms with Gasteiger partial charge in [-0.2, -0.15) is 0 Å². The topological polar surface area (TPSA) is 38.8 Å². The minimum atomic E-state index is -0.0991. The molecule has 1 aliphatic heterocycles. The average molecular weight is 257 g/mol. The minimum Gasteiger partial charge on any atom is -0.468 e. The molecule has 0 aliphatic carbocycles. The maximum absolute atomic E-state index is 11.8. The Morgan fingerprint density at radius 3 is 2.67 bits per heavy atom. The van der Waals surface area contributed by atoms with Crippen molar-refractivity contribution in [2.45, 2.75) is 45.1 Å². The molecular formula is C14H27NO3. The van der Waals surface area contributed by atoms with Crippen LogP contribution in [-0.2, 0) is 14.3 Å².